The first-order valence-corrected chi connectivity index (χ1v) is 7.54. The van der Waals surface area contributed by atoms with Crippen molar-refractivity contribution in [2.75, 3.05) is 33.4 Å². The van der Waals surface area contributed by atoms with Crippen molar-refractivity contribution in [2.24, 2.45) is 4.99 Å². The van der Waals surface area contributed by atoms with Gasteiger partial charge in [0.15, 0.2) is 5.96 Å². The van der Waals surface area contributed by atoms with E-state index in [0.29, 0.717) is 45.1 Å². The Morgan fingerprint density at radius 1 is 1.18 bits per heavy atom. The number of carbonyl (C=O) groups excluding carboxylic acids is 1. The number of esters is 1. The molecule has 1 rings (SSSR count). The average Bonchev–Trinajstić information content (AvgIpc) is 2.54. The number of hydrogen-bond acceptors (Lipinski definition) is 4. The highest BCUT2D eigenvalue weighted by Crippen LogP contribution is 2.07. The van der Waals surface area contributed by atoms with E-state index in [1.165, 1.54) is 0 Å². The SMILES string of the molecule is CCOC(=O)CCCNC(=NC)NCCOc1ccccc1. The number of carbonyl (C=O) groups is 1. The van der Waals surface area contributed by atoms with Crippen LogP contribution in [0.25, 0.3) is 0 Å². The van der Waals surface area contributed by atoms with Gasteiger partial charge in [0.05, 0.1) is 13.2 Å². The Labute approximate surface area is 131 Å². The topological polar surface area (TPSA) is 72.0 Å². The Morgan fingerprint density at radius 3 is 2.59 bits per heavy atom. The number of hydrogen-bond donors (Lipinski definition) is 2. The van der Waals surface area contributed by atoms with Gasteiger partial charge in [0.25, 0.3) is 0 Å². The van der Waals surface area contributed by atoms with Crippen LogP contribution in [0.1, 0.15) is 19.8 Å². The van der Waals surface area contributed by atoms with Gasteiger partial charge in [-0.3, -0.25) is 9.79 Å². The van der Waals surface area contributed by atoms with E-state index in [0.717, 1.165) is 5.75 Å². The summed E-state index contributed by atoms with van der Waals surface area (Å²) in [7, 11) is 1.71. The smallest absolute Gasteiger partial charge is 0.305 e. The third-order valence-corrected chi connectivity index (χ3v) is 2.79. The molecule has 1 aromatic carbocycles. The lowest BCUT2D eigenvalue weighted by molar-refractivity contribution is -0.143. The van der Waals surface area contributed by atoms with Crippen LogP contribution in [0, 0.1) is 0 Å². The highest BCUT2D eigenvalue weighted by molar-refractivity contribution is 5.79. The molecule has 1 aromatic rings. The van der Waals surface area contributed by atoms with Crippen LogP contribution in [-0.2, 0) is 9.53 Å². The molecule has 0 bridgehead atoms. The van der Waals surface area contributed by atoms with Crippen LogP contribution in [0.5, 0.6) is 5.75 Å². The molecule has 0 saturated carbocycles. The number of ether oxygens (including phenoxy) is 2. The largest absolute Gasteiger partial charge is 0.492 e. The minimum absolute atomic E-state index is 0.163. The van der Waals surface area contributed by atoms with Crippen LogP contribution in [0.2, 0.25) is 0 Å². The molecule has 6 nitrogen and oxygen atoms in total. The fourth-order valence-corrected chi connectivity index (χ4v) is 1.75. The monoisotopic (exact) mass is 307 g/mol. The average molecular weight is 307 g/mol. The summed E-state index contributed by atoms with van der Waals surface area (Å²) in [4.78, 5) is 15.3. The quantitative estimate of drug-likeness (QED) is 0.314. The summed E-state index contributed by atoms with van der Waals surface area (Å²) in [6.45, 7) is 4.09. The van der Waals surface area contributed by atoms with Crippen LogP contribution >= 0.6 is 0 Å². The lowest BCUT2D eigenvalue weighted by Crippen LogP contribution is -2.39. The molecule has 0 aliphatic heterocycles. The van der Waals surface area contributed by atoms with Crippen molar-refractivity contribution < 1.29 is 14.3 Å². The zero-order valence-corrected chi connectivity index (χ0v) is 13.3. The molecule has 0 radical (unpaired) electrons. The van der Waals surface area contributed by atoms with Crippen LogP contribution in [0.15, 0.2) is 35.3 Å². The molecule has 0 saturated heterocycles. The Hall–Kier alpha value is -2.24. The minimum atomic E-state index is -0.163. The molecule has 0 unspecified atom stereocenters. The number of para-hydroxylation sites is 1. The van der Waals surface area contributed by atoms with Gasteiger partial charge in [-0.15, -0.1) is 0 Å². The van der Waals surface area contributed by atoms with Crippen molar-refractivity contribution in [3.63, 3.8) is 0 Å². The minimum Gasteiger partial charge on any atom is -0.492 e. The van der Waals surface area contributed by atoms with Gasteiger partial charge < -0.3 is 20.1 Å². The number of benzene rings is 1. The van der Waals surface area contributed by atoms with E-state index in [4.69, 9.17) is 9.47 Å². The Balaban J connectivity index is 2.08. The Bertz CT molecular complexity index is 449. The van der Waals surface area contributed by atoms with E-state index in [-0.39, 0.29) is 5.97 Å². The number of nitrogens with zero attached hydrogens (tertiary/aromatic N) is 1. The summed E-state index contributed by atoms with van der Waals surface area (Å²) in [6.07, 6.45) is 1.12. The molecule has 0 heterocycles. The number of nitrogens with one attached hydrogen (secondary N) is 2. The second-order valence-electron chi connectivity index (χ2n) is 4.50. The zero-order valence-electron chi connectivity index (χ0n) is 13.3. The van der Waals surface area contributed by atoms with Gasteiger partial charge in [-0.05, 0) is 25.5 Å². The molecule has 0 spiro atoms. The van der Waals surface area contributed by atoms with Gasteiger partial charge in [0.1, 0.15) is 12.4 Å². The predicted octanol–water partition coefficient (Wildman–Crippen LogP) is 1.57. The Kier molecular flexibility index (Phi) is 9.25. The van der Waals surface area contributed by atoms with Gasteiger partial charge >= 0.3 is 5.97 Å². The molecule has 0 amide bonds. The second-order valence-corrected chi connectivity index (χ2v) is 4.50. The van der Waals surface area contributed by atoms with E-state index >= 15 is 0 Å². The maximum atomic E-state index is 11.2. The maximum Gasteiger partial charge on any atom is 0.305 e. The number of rotatable bonds is 9. The summed E-state index contributed by atoms with van der Waals surface area (Å²) in [5.74, 6) is 1.38. The molecule has 2 N–H and O–H groups in total. The van der Waals surface area contributed by atoms with Crippen molar-refractivity contribution in [1.82, 2.24) is 10.6 Å². The van der Waals surface area contributed by atoms with Crippen molar-refractivity contribution >= 4 is 11.9 Å². The van der Waals surface area contributed by atoms with E-state index < -0.39 is 0 Å². The molecule has 0 aromatic heterocycles. The van der Waals surface area contributed by atoms with E-state index in [2.05, 4.69) is 15.6 Å². The second kappa shape index (κ2) is 11.4. The standard InChI is InChI=1S/C16H25N3O3/c1-3-21-15(20)10-7-11-18-16(17-2)19-12-13-22-14-8-5-4-6-9-14/h4-6,8-9H,3,7,10-13H2,1-2H3,(H2,17,18,19). The lowest BCUT2D eigenvalue weighted by Gasteiger charge is -2.12. The van der Waals surface area contributed by atoms with Crippen molar-refractivity contribution in [3.05, 3.63) is 30.3 Å². The molecule has 0 aliphatic rings. The summed E-state index contributed by atoms with van der Waals surface area (Å²) < 4.78 is 10.4. The normalized spacial score (nSPS) is 10.9. The highest BCUT2D eigenvalue weighted by Gasteiger charge is 2.02. The van der Waals surface area contributed by atoms with Crippen LogP contribution < -0.4 is 15.4 Å². The zero-order chi connectivity index (χ0) is 16.0. The van der Waals surface area contributed by atoms with Crippen molar-refractivity contribution in [2.45, 2.75) is 19.8 Å². The molecule has 122 valence electrons. The Morgan fingerprint density at radius 2 is 1.91 bits per heavy atom. The highest BCUT2D eigenvalue weighted by atomic mass is 16.5. The molecule has 0 atom stereocenters. The van der Waals surface area contributed by atoms with E-state index in [1.54, 1.807) is 14.0 Å². The first-order valence-electron chi connectivity index (χ1n) is 7.54. The van der Waals surface area contributed by atoms with Gasteiger partial charge in [0, 0.05) is 20.0 Å². The fraction of sp³-hybridized carbons (Fsp3) is 0.500. The van der Waals surface area contributed by atoms with Crippen LogP contribution in [-0.4, -0.2) is 45.3 Å². The van der Waals surface area contributed by atoms with Crippen LogP contribution in [0.4, 0.5) is 0 Å². The predicted molar refractivity (Wildman–Crippen MR) is 87.2 cm³/mol. The molecule has 6 heteroatoms. The van der Waals surface area contributed by atoms with Crippen molar-refractivity contribution in [1.29, 1.82) is 0 Å². The van der Waals surface area contributed by atoms with Gasteiger partial charge in [-0.1, -0.05) is 18.2 Å². The van der Waals surface area contributed by atoms with Gasteiger partial charge in [0.2, 0.25) is 0 Å². The summed E-state index contributed by atoms with van der Waals surface area (Å²) >= 11 is 0. The summed E-state index contributed by atoms with van der Waals surface area (Å²) in [5.41, 5.74) is 0. The van der Waals surface area contributed by atoms with Crippen molar-refractivity contribution in [3.8, 4) is 5.75 Å². The summed E-state index contributed by atoms with van der Waals surface area (Å²) in [6, 6.07) is 9.66. The number of aliphatic imine (C=N–C) groups is 1. The van der Waals surface area contributed by atoms with Gasteiger partial charge in [-0.2, -0.15) is 0 Å². The molecular formula is C16H25N3O3. The molecule has 0 fully saturated rings. The first kappa shape index (κ1) is 17.8. The number of guanidine groups is 1. The third kappa shape index (κ3) is 8.14. The molecule has 22 heavy (non-hydrogen) atoms. The maximum absolute atomic E-state index is 11.2. The summed E-state index contributed by atoms with van der Waals surface area (Å²) in [5, 5.41) is 6.29. The lowest BCUT2D eigenvalue weighted by atomic mass is 10.3. The van der Waals surface area contributed by atoms with Crippen LogP contribution in [0.3, 0.4) is 0 Å². The third-order valence-electron chi connectivity index (χ3n) is 2.79. The van der Waals surface area contributed by atoms with E-state index in [9.17, 15) is 4.79 Å². The molecule has 0 aliphatic carbocycles. The van der Waals surface area contributed by atoms with Gasteiger partial charge in [-0.25, -0.2) is 0 Å². The van der Waals surface area contributed by atoms with E-state index in [1.807, 2.05) is 30.3 Å². The fourth-order valence-electron chi connectivity index (χ4n) is 1.75. The first-order chi connectivity index (χ1) is 10.8. The molecular weight excluding hydrogens is 282 g/mol.